The van der Waals surface area contributed by atoms with Crippen LogP contribution in [0.3, 0.4) is 0 Å². The van der Waals surface area contributed by atoms with Crippen LogP contribution in [0.2, 0.25) is 0 Å². The van der Waals surface area contributed by atoms with Crippen LogP contribution in [-0.4, -0.2) is 43.4 Å². The minimum atomic E-state index is -5.05. The normalized spacial score (nSPS) is 19.5. The summed E-state index contributed by atoms with van der Waals surface area (Å²) in [6, 6.07) is -1.87. The van der Waals surface area contributed by atoms with Crippen LogP contribution in [0.5, 0.6) is 0 Å². The highest BCUT2D eigenvalue weighted by atomic mass is 19.4. The first kappa shape index (κ1) is 17.5. The van der Waals surface area contributed by atoms with Gasteiger partial charge in [0.25, 0.3) is 0 Å². The van der Waals surface area contributed by atoms with Gasteiger partial charge in [-0.1, -0.05) is 6.07 Å². The van der Waals surface area contributed by atoms with E-state index in [0.29, 0.717) is 25.2 Å². The Morgan fingerprint density at radius 3 is 2.43 bits per heavy atom. The number of rotatable bonds is 3. The number of hydrogen-bond donors (Lipinski definition) is 1. The molecular formula is C14H15F5N2O2. The second-order valence-electron chi connectivity index (χ2n) is 5.19. The fraction of sp³-hybridized carbons (Fsp3) is 0.500. The number of carbonyl (C=O) groups excluding carboxylic acids is 1. The standard InChI is InChI=1S/C14H15F5N2O2/c1-21(8-5-6-23-7-8)13(22)20-12(14(17,18)19)11-9(15)3-2-4-10(11)16/h2-4,8,12H,5-7H2,1H3,(H,20,22)/t8-,12+/m1/s1. The number of amides is 2. The molecule has 1 aromatic carbocycles. The maximum Gasteiger partial charge on any atom is 0.413 e. The number of alkyl halides is 3. The Morgan fingerprint density at radius 2 is 1.96 bits per heavy atom. The van der Waals surface area contributed by atoms with Gasteiger partial charge in [-0.05, 0) is 18.6 Å². The van der Waals surface area contributed by atoms with Gasteiger partial charge in [0, 0.05) is 13.7 Å². The van der Waals surface area contributed by atoms with Gasteiger partial charge in [0.15, 0.2) is 6.04 Å². The summed E-state index contributed by atoms with van der Waals surface area (Å²) in [5, 5.41) is 1.66. The summed E-state index contributed by atoms with van der Waals surface area (Å²) in [5.74, 6) is -2.75. The van der Waals surface area contributed by atoms with Crippen molar-refractivity contribution in [2.45, 2.75) is 24.7 Å². The summed E-state index contributed by atoms with van der Waals surface area (Å²) in [7, 11) is 1.31. The molecule has 1 saturated heterocycles. The molecule has 1 N–H and O–H groups in total. The van der Waals surface area contributed by atoms with Crippen LogP contribution in [0.15, 0.2) is 18.2 Å². The number of likely N-dealkylation sites (N-methyl/N-ethyl adjacent to an activating group) is 1. The van der Waals surface area contributed by atoms with Gasteiger partial charge in [-0.2, -0.15) is 13.2 Å². The van der Waals surface area contributed by atoms with E-state index in [-0.39, 0.29) is 12.6 Å². The molecule has 0 bridgehead atoms. The second kappa shape index (κ2) is 6.69. The summed E-state index contributed by atoms with van der Waals surface area (Å²) in [6.45, 7) is 0.599. The van der Waals surface area contributed by atoms with Gasteiger partial charge in [0.05, 0.1) is 18.2 Å². The fourth-order valence-corrected chi connectivity index (χ4v) is 2.32. The molecule has 1 heterocycles. The van der Waals surface area contributed by atoms with E-state index in [4.69, 9.17) is 4.74 Å². The molecule has 0 radical (unpaired) electrons. The van der Waals surface area contributed by atoms with Gasteiger partial charge in [-0.3, -0.25) is 0 Å². The molecule has 1 fully saturated rings. The van der Waals surface area contributed by atoms with Crippen molar-refractivity contribution < 1.29 is 31.5 Å². The van der Waals surface area contributed by atoms with Crippen molar-refractivity contribution in [3.8, 4) is 0 Å². The van der Waals surface area contributed by atoms with Crippen molar-refractivity contribution in [1.29, 1.82) is 0 Å². The molecule has 0 unspecified atom stereocenters. The highest BCUT2D eigenvalue weighted by molar-refractivity contribution is 5.75. The molecule has 0 aromatic heterocycles. The fourth-order valence-electron chi connectivity index (χ4n) is 2.32. The summed E-state index contributed by atoms with van der Waals surface area (Å²) >= 11 is 0. The molecule has 2 atom stereocenters. The van der Waals surface area contributed by atoms with E-state index < -0.39 is 35.4 Å². The van der Waals surface area contributed by atoms with E-state index in [0.717, 1.165) is 11.0 Å². The van der Waals surface area contributed by atoms with Gasteiger partial charge < -0.3 is 15.0 Å². The quantitative estimate of drug-likeness (QED) is 0.861. The molecule has 0 aliphatic carbocycles. The third kappa shape index (κ3) is 3.90. The van der Waals surface area contributed by atoms with Crippen molar-refractivity contribution >= 4 is 6.03 Å². The lowest BCUT2D eigenvalue weighted by Gasteiger charge is -2.28. The van der Waals surface area contributed by atoms with Crippen LogP contribution in [-0.2, 0) is 4.74 Å². The van der Waals surface area contributed by atoms with Crippen LogP contribution in [0.1, 0.15) is 18.0 Å². The third-order valence-electron chi connectivity index (χ3n) is 3.66. The molecule has 1 aliphatic rings. The number of benzene rings is 1. The molecule has 9 heteroatoms. The average molecular weight is 338 g/mol. The van der Waals surface area contributed by atoms with Crippen molar-refractivity contribution in [2.24, 2.45) is 0 Å². The van der Waals surface area contributed by atoms with Crippen molar-refractivity contribution in [3.05, 3.63) is 35.4 Å². The van der Waals surface area contributed by atoms with Crippen LogP contribution in [0.25, 0.3) is 0 Å². The number of ether oxygens (including phenoxy) is 1. The Morgan fingerprint density at radius 1 is 1.35 bits per heavy atom. The summed E-state index contributed by atoms with van der Waals surface area (Å²) in [4.78, 5) is 13.0. The maximum atomic E-state index is 13.7. The monoisotopic (exact) mass is 338 g/mol. The number of carbonyl (C=O) groups is 1. The average Bonchev–Trinajstić information content (AvgIpc) is 2.98. The van der Waals surface area contributed by atoms with Crippen molar-refractivity contribution in [1.82, 2.24) is 10.2 Å². The van der Waals surface area contributed by atoms with E-state index in [9.17, 15) is 26.7 Å². The number of nitrogens with one attached hydrogen (secondary N) is 1. The SMILES string of the molecule is CN(C(=O)N[C@@H](c1c(F)cccc1F)C(F)(F)F)[C@@H]1CCOC1. The van der Waals surface area contributed by atoms with E-state index in [1.165, 1.54) is 7.05 Å². The number of hydrogen-bond acceptors (Lipinski definition) is 2. The molecule has 0 saturated carbocycles. The molecule has 2 amide bonds. The van der Waals surface area contributed by atoms with Gasteiger partial charge in [-0.15, -0.1) is 0 Å². The Labute approximate surface area is 129 Å². The highest BCUT2D eigenvalue weighted by Crippen LogP contribution is 2.35. The highest BCUT2D eigenvalue weighted by Gasteiger charge is 2.45. The number of urea groups is 1. The lowest BCUT2D eigenvalue weighted by atomic mass is 10.0. The molecule has 23 heavy (non-hydrogen) atoms. The minimum Gasteiger partial charge on any atom is -0.379 e. The van der Waals surface area contributed by atoms with E-state index in [1.807, 2.05) is 0 Å². The van der Waals surface area contributed by atoms with Crippen LogP contribution in [0.4, 0.5) is 26.7 Å². The van der Waals surface area contributed by atoms with Gasteiger partial charge in [0.1, 0.15) is 11.6 Å². The number of halogens is 5. The molecule has 4 nitrogen and oxygen atoms in total. The molecule has 2 rings (SSSR count). The first-order valence-electron chi connectivity index (χ1n) is 6.83. The second-order valence-corrected chi connectivity index (χ2v) is 5.19. The predicted octanol–water partition coefficient (Wildman–Crippen LogP) is 3.00. The van der Waals surface area contributed by atoms with Gasteiger partial charge in [0.2, 0.25) is 0 Å². The summed E-state index contributed by atoms with van der Waals surface area (Å²) in [6.07, 6.45) is -4.57. The Kier molecular flexibility index (Phi) is 5.08. The zero-order valence-electron chi connectivity index (χ0n) is 12.2. The zero-order chi connectivity index (χ0) is 17.2. The predicted molar refractivity (Wildman–Crippen MR) is 70.7 cm³/mol. The van der Waals surface area contributed by atoms with Crippen molar-refractivity contribution in [3.63, 3.8) is 0 Å². The molecule has 0 spiro atoms. The summed E-state index contributed by atoms with van der Waals surface area (Å²) < 4.78 is 71.9. The number of nitrogens with zero attached hydrogens (tertiary/aromatic N) is 1. The smallest absolute Gasteiger partial charge is 0.379 e. The first-order chi connectivity index (χ1) is 10.7. The topological polar surface area (TPSA) is 41.6 Å². The molecule has 1 aromatic rings. The third-order valence-corrected chi connectivity index (χ3v) is 3.66. The van der Waals surface area contributed by atoms with E-state index in [2.05, 4.69) is 0 Å². The Balaban J connectivity index is 2.24. The lowest BCUT2D eigenvalue weighted by Crippen LogP contribution is -2.48. The van der Waals surface area contributed by atoms with Crippen LogP contribution in [0, 0.1) is 11.6 Å². The summed E-state index contributed by atoms with van der Waals surface area (Å²) in [5.41, 5.74) is -1.23. The first-order valence-corrected chi connectivity index (χ1v) is 6.83. The maximum absolute atomic E-state index is 13.7. The Bertz CT molecular complexity index is 553. The van der Waals surface area contributed by atoms with E-state index >= 15 is 0 Å². The molecule has 1 aliphatic heterocycles. The van der Waals surface area contributed by atoms with Crippen LogP contribution >= 0.6 is 0 Å². The molecule has 128 valence electrons. The van der Waals surface area contributed by atoms with E-state index in [1.54, 1.807) is 5.32 Å². The minimum absolute atomic E-state index is 0.203. The van der Waals surface area contributed by atoms with Gasteiger partial charge in [-0.25, -0.2) is 13.6 Å². The van der Waals surface area contributed by atoms with Crippen molar-refractivity contribution in [2.75, 3.05) is 20.3 Å². The Hall–Kier alpha value is -1.90. The lowest BCUT2D eigenvalue weighted by molar-refractivity contribution is -0.156. The van der Waals surface area contributed by atoms with Crippen LogP contribution < -0.4 is 5.32 Å². The largest absolute Gasteiger partial charge is 0.413 e. The molecular weight excluding hydrogens is 323 g/mol. The van der Waals surface area contributed by atoms with Gasteiger partial charge >= 0.3 is 12.2 Å². The zero-order valence-corrected chi connectivity index (χ0v) is 12.2.